The monoisotopic (exact) mass is 237 g/mol. The summed E-state index contributed by atoms with van der Waals surface area (Å²) in [5, 5.41) is 9.02. The van der Waals surface area contributed by atoms with E-state index in [2.05, 4.69) is 15.0 Å². The highest BCUT2D eigenvalue weighted by Crippen LogP contribution is 2.14. The van der Waals surface area contributed by atoms with Gasteiger partial charge in [0.1, 0.15) is 11.8 Å². The van der Waals surface area contributed by atoms with Crippen LogP contribution in [-0.4, -0.2) is 44.4 Å². The molecule has 0 radical (unpaired) electrons. The average molecular weight is 237 g/mol. The maximum Gasteiger partial charge on any atom is 0.165 e. The Labute approximate surface area is 98.3 Å². The number of nitrogens with two attached hydrogens (primary N) is 1. The van der Waals surface area contributed by atoms with Gasteiger partial charge in [0.25, 0.3) is 0 Å². The molecule has 0 aromatic carbocycles. The molecule has 2 aromatic heterocycles. The number of hydrogen-bond acceptors (Lipinski definition) is 6. The van der Waals surface area contributed by atoms with Crippen LogP contribution in [0.4, 0.5) is 5.82 Å². The number of aliphatic hydroxyl groups excluding tert-OH is 1. The predicted octanol–water partition coefficient (Wildman–Crippen LogP) is -0.194. The van der Waals surface area contributed by atoms with E-state index in [1.165, 1.54) is 6.33 Å². The second kappa shape index (κ2) is 5.07. The molecule has 2 heterocycles. The molecule has 92 valence electrons. The summed E-state index contributed by atoms with van der Waals surface area (Å²) in [5.41, 5.74) is 6.99. The van der Waals surface area contributed by atoms with E-state index in [0.717, 1.165) is 0 Å². The van der Waals surface area contributed by atoms with E-state index in [4.69, 9.17) is 15.6 Å². The van der Waals surface area contributed by atoms with Crippen molar-refractivity contribution in [2.24, 2.45) is 0 Å². The molecule has 1 atom stereocenters. The van der Waals surface area contributed by atoms with Gasteiger partial charge in [-0.2, -0.15) is 0 Å². The van der Waals surface area contributed by atoms with E-state index in [1.807, 2.05) is 4.57 Å². The molecule has 2 rings (SSSR count). The van der Waals surface area contributed by atoms with Crippen molar-refractivity contribution in [3.8, 4) is 0 Å². The number of anilines is 1. The number of nitrogens with zero attached hydrogens (tertiary/aromatic N) is 4. The van der Waals surface area contributed by atoms with Crippen molar-refractivity contribution in [3.63, 3.8) is 0 Å². The molecule has 0 aliphatic carbocycles. The van der Waals surface area contributed by atoms with Crippen LogP contribution in [0.5, 0.6) is 0 Å². The Morgan fingerprint density at radius 2 is 2.29 bits per heavy atom. The highest BCUT2D eigenvalue weighted by Gasteiger charge is 2.10. The van der Waals surface area contributed by atoms with Gasteiger partial charge in [0.05, 0.1) is 19.0 Å². The maximum atomic E-state index is 9.02. The third kappa shape index (κ3) is 2.34. The fourth-order valence-electron chi connectivity index (χ4n) is 1.63. The summed E-state index contributed by atoms with van der Waals surface area (Å²) in [6, 6.07) is 0. The summed E-state index contributed by atoms with van der Waals surface area (Å²) in [4.78, 5) is 12.2. The zero-order valence-electron chi connectivity index (χ0n) is 9.58. The minimum atomic E-state index is -0.174. The maximum absolute atomic E-state index is 9.02. The largest absolute Gasteiger partial charge is 0.394 e. The number of rotatable bonds is 5. The van der Waals surface area contributed by atoms with Crippen LogP contribution in [0, 0.1) is 0 Å². The van der Waals surface area contributed by atoms with E-state index in [-0.39, 0.29) is 12.7 Å². The van der Waals surface area contributed by atoms with Crippen LogP contribution in [0.3, 0.4) is 0 Å². The quantitative estimate of drug-likeness (QED) is 0.747. The number of imidazole rings is 1. The number of methoxy groups -OCH3 is 1. The predicted molar refractivity (Wildman–Crippen MR) is 62.2 cm³/mol. The third-order valence-corrected chi connectivity index (χ3v) is 2.66. The van der Waals surface area contributed by atoms with E-state index in [9.17, 15) is 0 Å². The number of aromatic nitrogens is 4. The summed E-state index contributed by atoms with van der Waals surface area (Å²) in [7, 11) is 1.58. The molecule has 0 saturated carbocycles. The van der Waals surface area contributed by atoms with Gasteiger partial charge in [-0.3, -0.25) is 0 Å². The first-order valence-electron chi connectivity index (χ1n) is 5.31. The zero-order chi connectivity index (χ0) is 12.3. The summed E-state index contributed by atoms with van der Waals surface area (Å²) >= 11 is 0. The van der Waals surface area contributed by atoms with Gasteiger partial charge in [-0.15, -0.1) is 0 Å². The summed E-state index contributed by atoms with van der Waals surface area (Å²) in [6.45, 7) is 0.659. The molecule has 17 heavy (non-hydrogen) atoms. The van der Waals surface area contributed by atoms with Gasteiger partial charge in [-0.25, -0.2) is 15.0 Å². The Bertz CT molecular complexity index is 494. The van der Waals surface area contributed by atoms with E-state index >= 15 is 0 Å². The van der Waals surface area contributed by atoms with Gasteiger partial charge >= 0.3 is 0 Å². The molecule has 0 fully saturated rings. The Morgan fingerprint density at radius 1 is 1.47 bits per heavy atom. The average Bonchev–Trinajstić information content (AvgIpc) is 2.75. The number of aryl methyl sites for hydroxylation is 1. The summed E-state index contributed by atoms with van der Waals surface area (Å²) < 4.78 is 6.96. The minimum Gasteiger partial charge on any atom is -0.394 e. The van der Waals surface area contributed by atoms with Crippen molar-refractivity contribution in [1.29, 1.82) is 0 Å². The Kier molecular flexibility index (Phi) is 3.50. The van der Waals surface area contributed by atoms with Crippen LogP contribution in [0.1, 0.15) is 6.42 Å². The van der Waals surface area contributed by atoms with Crippen molar-refractivity contribution in [2.75, 3.05) is 19.5 Å². The van der Waals surface area contributed by atoms with E-state index in [1.54, 1.807) is 13.4 Å². The molecule has 0 aliphatic rings. The van der Waals surface area contributed by atoms with Crippen molar-refractivity contribution in [1.82, 2.24) is 19.5 Å². The standard InChI is InChI=1S/C10H15N5O2/c1-17-7(4-16)2-3-15-6-14-8-9(11)12-5-13-10(8)15/h5-7,16H,2-4H2,1H3,(H2,11,12,13)/t7-/m0/s1. The normalized spacial score (nSPS) is 13.1. The van der Waals surface area contributed by atoms with Crippen molar-refractivity contribution in [2.45, 2.75) is 19.1 Å². The molecule has 2 aromatic rings. The fourth-order valence-corrected chi connectivity index (χ4v) is 1.63. The lowest BCUT2D eigenvalue weighted by Crippen LogP contribution is -2.18. The van der Waals surface area contributed by atoms with E-state index < -0.39 is 0 Å². The molecule has 0 bridgehead atoms. The number of ether oxygens (including phenoxy) is 1. The molecule has 0 amide bonds. The van der Waals surface area contributed by atoms with Crippen LogP contribution in [0.2, 0.25) is 0 Å². The number of fused-ring (bicyclic) bond motifs is 1. The van der Waals surface area contributed by atoms with Gasteiger partial charge in [0.15, 0.2) is 11.5 Å². The Hall–Kier alpha value is -1.73. The number of aliphatic hydroxyl groups is 1. The Balaban J connectivity index is 2.17. The first-order valence-corrected chi connectivity index (χ1v) is 5.31. The number of hydrogen-bond donors (Lipinski definition) is 2. The summed E-state index contributed by atoms with van der Waals surface area (Å²) in [6.07, 6.45) is 3.59. The topological polar surface area (TPSA) is 99.1 Å². The Morgan fingerprint density at radius 3 is 3.00 bits per heavy atom. The number of nitrogen functional groups attached to an aromatic ring is 1. The van der Waals surface area contributed by atoms with Gasteiger partial charge < -0.3 is 20.1 Å². The first-order chi connectivity index (χ1) is 8.26. The smallest absolute Gasteiger partial charge is 0.165 e. The molecule has 0 unspecified atom stereocenters. The molecule has 0 spiro atoms. The molecule has 0 aliphatic heterocycles. The highest BCUT2D eigenvalue weighted by molar-refractivity contribution is 5.80. The molecular formula is C10H15N5O2. The van der Waals surface area contributed by atoms with Gasteiger partial charge in [0.2, 0.25) is 0 Å². The van der Waals surface area contributed by atoms with Crippen LogP contribution in [0.25, 0.3) is 11.2 Å². The van der Waals surface area contributed by atoms with Crippen molar-refractivity contribution < 1.29 is 9.84 Å². The lowest BCUT2D eigenvalue weighted by atomic mass is 10.2. The molecule has 0 saturated heterocycles. The van der Waals surface area contributed by atoms with Crippen LogP contribution < -0.4 is 5.73 Å². The van der Waals surface area contributed by atoms with Gasteiger partial charge in [0, 0.05) is 13.7 Å². The SMILES string of the molecule is CO[C@H](CO)CCn1cnc2c(N)ncnc21. The molecule has 3 N–H and O–H groups in total. The summed E-state index contributed by atoms with van der Waals surface area (Å²) in [5.74, 6) is 0.374. The van der Waals surface area contributed by atoms with Crippen molar-refractivity contribution in [3.05, 3.63) is 12.7 Å². The minimum absolute atomic E-state index is 0.000251. The van der Waals surface area contributed by atoms with E-state index in [0.29, 0.717) is 29.9 Å². The van der Waals surface area contributed by atoms with Crippen LogP contribution in [0.15, 0.2) is 12.7 Å². The lowest BCUT2D eigenvalue weighted by molar-refractivity contribution is 0.0405. The third-order valence-electron chi connectivity index (χ3n) is 2.66. The van der Waals surface area contributed by atoms with Gasteiger partial charge in [-0.1, -0.05) is 0 Å². The second-order valence-corrected chi connectivity index (χ2v) is 3.70. The molecular weight excluding hydrogens is 222 g/mol. The fraction of sp³-hybridized carbons (Fsp3) is 0.500. The van der Waals surface area contributed by atoms with Crippen molar-refractivity contribution >= 4 is 17.0 Å². The van der Waals surface area contributed by atoms with Crippen LogP contribution in [-0.2, 0) is 11.3 Å². The zero-order valence-corrected chi connectivity index (χ0v) is 9.58. The van der Waals surface area contributed by atoms with Gasteiger partial charge in [-0.05, 0) is 6.42 Å². The molecule has 7 nitrogen and oxygen atoms in total. The second-order valence-electron chi connectivity index (χ2n) is 3.70. The lowest BCUT2D eigenvalue weighted by Gasteiger charge is -2.12. The highest BCUT2D eigenvalue weighted by atomic mass is 16.5. The first kappa shape index (κ1) is 11.7. The molecule has 7 heteroatoms. The van der Waals surface area contributed by atoms with Crippen LogP contribution >= 0.6 is 0 Å².